The van der Waals surface area contributed by atoms with E-state index in [9.17, 15) is 4.79 Å². The molecule has 2 aromatic carbocycles. The quantitative estimate of drug-likeness (QED) is 0.792. The van der Waals surface area contributed by atoms with Crippen molar-refractivity contribution in [2.75, 3.05) is 0 Å². The average Bonchev–Trinajstić information content (AvgIpc) is 2.77. The molecule has 106 valence electrons. The highest BCUT2D eigenvalue weighted by Gasteiger charge is 2.11. The molecule has 3 rings (SSSR count). The summed E-state index contributed by atoms with van der Waals surface area (Å²) in [6.07, 6.45) is 2.02. The Labute approximate surface area is 123 Å². The monoisotopic (exact) mass is 279 g/mol. The lowest BCUT2D eigenvalue weighted by atomic mass is 10.1. The van der Waals surface area contributed by atoms with Crippen molar-refractivity contribution in [2.24, 2.45) is 0 Å². The number of aryl methyl sites for hydroxylation is 1. The SMILES string of the molecule is Cc1cccc(Cn2cc(CC(=O)O)c3ccccc32)c1. The lowest BCUT2D eigenvalue weighted by Crippen LogP contribution is -2.00. The van der Waals surface area contributed by atoms with Gasteiger partial charge < -0.3 is 9.67 Å². The Morgan fingerprint density at radius 3 is 2.71 bits per heavy atom. The molecule has 0 fully saturated rings. The highest BCUT2D eigenvalue weighted by molar-refractivity contribution is 5.87. The molecule has 0 saturated heterocycles. The van der Waals surface area contributed by atoms with Gasteiger partial charge in [-0.05, 0) is 24.1 Å². The second kappa shape index (κ2) is 5.44. The van der Waals surface area contributed by atoms with Gasteiger partial charge >= 0.3 is 5.97 Å². The average molecular weight is 279 g/mol. The van der Waals surface area contributed by atoms with Crippen LogP contribution in [0.25, 0.3) is 10.9 Å². The zero-order valence-electron chi connectivity index (χ0n) is 11.9. The first-order valence-corrected chi connectivity index (χ1v) is 6.97. The predicted octanol–water partition coefficient (Wildman–Crippen LogP) is 3.63. The third kappa shape index (κ3) is 2.82. The third-order valence-corrected chi connectivity index (χ3v) is 3.65. The summed E-state index contributed by atoms with van der Waals surface area (Å²) in [6.45, 7) is 2.83. The van der Waals surface area contributed by atoms with Crippen LogP contribution in [-0.2, 0) is 17.8 Å². The van der Waals surface area contributed by atoms with E-state index in [-0.39, 0.29) is 6.42 Å². The van der Waals surface area contributed by atoms with E-state index in [1.165, 1.54) is 11.1 Å². The van der Waals surface area contributed by atoms with Crippen LogP contribution in [0.1, 0.15) is 16.7 Å². The molecule has 0 aliphatic rings. The van der Waals surface area contributed by atoms with Gasteiger partial charge in [0.25, 0.3) is 0 Å². The molecule has 0 aliphatic heterocycles. The van der Waals surface area contributed by atoms with Gasteiger partial charge in [0, 0.05) is 23.6 Å². The molecule has 1 aromatic heterocycles. The summed E-state index contributed by atoms with van der Waals surface area (Å²) in [5.41, 5.74) is 4.40. The van der Waals surface area contributed by atoms with Crippen LogP contribution in [0.4, 0.5) is 0 Å². The van der Waals surface area contributed by atoms with Gasteiger partial charge in [0.2, 0.25) is 0 Å². The highest BCUT2D eigenvalue weighted by atomic mass is 16.4. The summed E-state index contributed by atoms with van der Waals surface area (Å²) in [7, 11) is 0. The van der Waals surface area contributed by atoms with E-state index in [0.29, 0.717) is 0 Å². The lowest BCUT2D eigenvalue weighted by Gasteiger charge is -2.06. The number of nitrogens with zero attached hydrogens (tertiary/aromatic N) is 1. The van der Waals surface area contributed by atoms with Gasteiger partial charge in [-0.2, -0.15) is 0 Å². The second-order valence-electron chi connectivity index (χ2n) is 5.36. The topological polar surface area (TPSA) is 42.2 Å². The number of aromatic nitrogens is 1. The van der Waals surface area contributed by atoms with Crippen LogP contribution in [0.5, 0.6) is 0 Å². The Morgan fingerprint density at radius 1 is 1.14 bits per heavy atom. The van der Waals surface area contributed by atoms with Gasteiger partial charge in [0.1, 0.15) is 0 Å². The fraction of sp³-hybridized carbons (Fsp3) is 0.167. The van der Waals surface area contributed by atoms with Gasteiger partial charge in [0.15, 0.2) is 0 Å². The Hall–Kier alpha value is -2.55. The van der Waals surface area contributed by atoms with Crippen molar-refractivity contribution < 1.29 is 9.90 Å². The first kappa shape index (κ1) is 13.4. The van der Waals surface area contributed by atoms with Crippen LogP contribution in [0.2, 0.25) is 0 Å². The summed E-state index contributed by atoms with van der Waals surface area (Å²) in [4.78, 5) is 11.0. The maximum absolute atomic E-state index is 11.0. The van der Waals surface area contributed by atoms with Crippen molar-refractivity contribution >= 4 is 16.9 Å². The van der Waals surface area contributed by atoms with Gasteiger partial charge in [-0.15, -0.1) is 0 Å². The number of carbonyl (C=O) groups is 1. The van der Waals surface area contributed by atoms with Crippen molar-refractivity contribution in [1.29, 1.82) is 0 Å². The first-order chi connectivity index (χ1) is 10.1. The number of carboxylic acids is 1. The molecular formula is C18H17NO2. The van der Waals surface area contributed by atoms with Crippen LogP contribution in [0.15, 0.2) is 54.7 Å². The molecule has 0 bridgehead atoms. The largest absolute Gasteiger partial charge is 0.481 e. The van der Waals surface area contributed by atoms with Crippen LogP contribution in [0, 0.1) is 6.92 Å². The number of rotatable bonds is 4. The fourth-order valence-corrected chi connectivity index (χ4v) is 2.76. The van der Waals surface area contributed by atoms with Crippen molar-refractivity contribution in [3.05, 3.63) is 71.4 Å². The molecule has 3 heteroatoms. The summed E-state index contributed by atoms with van der Waals surface area (Å²) in [5, 5.41) is 10.1. The number of para-hydroxylation sites is 1. The minimum Gasteiger partial charge on any atom is -0.481 e. The molecule has 0 radical (unpaired) electrons. The Kier molecular flexibility index (Phi) is 3.48. The molecule has 21 heavy (non-hydrogen) atoms. The van der Waals surface area contributed by atoms with Crippen molar-refractivity contribution in [3.63, 3.8) is 0 Å². The van der Waals surface area contributed by atoms with Crippen molar-refractivity contribution in [3.8, 4) is 0 Å². The molecule has 0 spiro atoms. The van der Waals surface area contributed by atoms with Gasteiger partial charge in [-0.3, -0.25) is 4.79 Å². The minimum atomic E-state index is -0.798. The smallest absolute Gasteiger partial charge is 0.307 e. The minimum absolute atomic E-state index is 0.0569. The van der Waals surface area contributed by atoms with Crippen LogP contribution in [0.3, 0.4) is 0 Å². The summed E-state index contributed by atoms with van der Waals surface area (Å²) < 4.78 is 2.13. The number of fused-ring (bicyclic) bond motifs is 1. The molecule has 3 nitrogen and oxygen atoms in total. The Balaban J connectivity index is 2.04. The molecule has 0 amide bonds. The number of hydrogen-bond donors (Lipinski definition) is 1. The van der Waals surface area contributed by atoms with Crippen molar-refractivity contribution in [2.45, 2.75) is 19.9 Å². The van der Waals surface area contributed by atoms with Crippen LogP contribution >= 0.6 is 0 Å². The lowest BCUT2D eigenvalue weighted by molar-refractivity contribution is -0.136. The maximum atomic E-state index is 11.0. The molecule has 0 unspecified atom stereocenters. The summed E-state index contributed by atoms with van der Waals surface area (Å²) >= 11 is 0. The third-order valence-electron chi connectivity index (χ3n) is 3.65. The molecule has 3 aromatic rings. The van der Waals surface area contributed by atoms with E-state index in [1.54, 1.807) is 0 Å². The summed E-state index contributed by atoms with van der Waals surface area (Å²) in [6, 6.07) is 16.3. The molecule has 1 heterocycles. The van der Waals surface area contributed by atoms with E-state index < -0.39 is 5.97 Å². The highest BCUT2D eigenvalue weighted by Crippen LogP contribution is 2.23. The van der Waals surface area contributed by atoms with E-state index in [4.69, 9.17) is 5.11 Å². The number of hydrogen-bond acceptors (Lipinski definition) is 1. The van der Waals surface area contributed by atoms with E-state index >= 15 is 0 Å². The second-order valence-corrected chi connectivity index (χ2v) is 5.36. The zero-order valence-corrected chi connectivity index (χ0v) is 11.9. The fourth-order valence-electron chi connectivity index (χ4n) is 2.76. The zero-order chi connectivity index (χ0) is 14.8. The number of aliphatic carboxylic acids is 1. The van der Waals surface area contributed by atoms with Gasteiger partial charge in [-0.25, -0.2) is 0 Å². The summed E-state index contributed by atoms with van der Waals surface area (Å²) in [5.74, 6) is -0.798. The van der Waals surface area contributed by atoms with E-state index in [0.717, 1.165) is 23.0 Å². The van der Waals surface area contributed by atoms with E-state index in [2.05, 4.69) is 35.8 Å². The Morgan fingerprint density at radius 2 is 1.95 bits per heavy atom. The number of carboxylic acid groups (broad SMARTS) is 1. The predicted molar refractivity (Wildman–Crippen MR) is 83.6 cm³/mol. The normalized spacial score (nSPS) is 10.9. The number of benzene rings is 2. The van der Waals surface area contributed by atoms with Crippen LogP contribution in [-0.4, -0.2) is 15.6 Å². The van der Waals surface area contributed by atoms with Crippen LogP contribution < -0.4 is 0 Å². The molecule has 0 atom stereocenters. The Bertz CT molecular complexity index is 802. The maximum Gasteiger partial charge on any atom is 0.307 e. The van der Waals surface area contributed by atoms with Crippen molar-refractivity contribution in [1.82, 2.24) is 4.57 Å². The molecular weight excluding hydrogens is 262 g/mol. The molecule has 0 saturated carbocycles. The standard InChI is InChI=1S/C18H17NO2/c1-13-5-4-6-14(9-13)11-19-12-15(10-18(20)21)16-7-2-3-8-17(16)19/h2-9,12H,10-11H2,1H3,(H,20,21). The van der Waals surface area contributed by atoms with E-state index in [1.807, 2.05) is 30.5 Å². The molecule has 1 N–H and O–H groups in total. The van der Waals surface area contributed by atoms with Gasteiger partial charge in [0.05, 0.1) is 6.42 Å². The molecule has 0 aliphatic carbocycles. The van der Waals surface area contributed by atoms with Gasteiger partial charge in [-0.1, -0.05) is 48.0 Å². The first-order valence-electron chi connectivity index (χ1n) is 6.97.